The van der Waals surface area contributed by atoms with E-state index in [0.29, 0.717) is 0 Å². The van der Waals surface area contributed by atoms with E-state index in [2.05, 4.69) is 0 Å². The van der Waals surface area contributed by atoms with Crippen LogP contribution in [0.1, 0.15) is 6.42 Å². The second-order valence-corrected chi connectivity index (χ2v) is 5.56. The third-order valence-corrected chi connectivity index (χ3v) is 3.70. The third kappa shape index (κ3) is 3.09. The zero-order valence-corrected chi connectivity index (χ0v) is 13.5. The van der Waals surface area contributed by atoms with Crippen molar-refractivity contribution in [2.45, 2.75) is 6.42 Å². The van der Waals surface area contributed by atoms with E-state index in [9.17, 15) is 25.2 Å². The Labute approximate surface area is 146 Å². The molecule has 0 aliphatic heterocycles. The summed E-state index contributed by atoms with van der Waals surface area (Å²) in [7, 11) is 0. The van der Waals surface area contributed by atoms with Crippen LogP contribution in [-0.2, 0) is 0 Å². The summed E-state index contributed by atoms with van der Waals surface area (Å²) in [6.45, 7) is -0.129. The van der Waals surface area contributed by atoms with Gasteiger partial charge >= 0.3 is 0 Å². The first kappa shape index (κ1) is 17.4. The predicted octanol–water partition coefficient (Wildman–Crippen LogP) is 2.04. The average molecular weight is 360 g/mol. The fraction of sp³-hybridized carbons (Fsp3) is 0.167. The second kappa shape index (κ2) is 6.85. The molecule has 5 N–H and O–H groups in total. The van der Waals surface area contributed by atoms with Crippen LogP contribution in [0.2, 0.25) is 0 Å². The number of ether oxygens (including phenoxy) is 1. The summed E-state index contributed by atoms with van der Waals surface area (Å²) in [4.78, 5) is 12.8. The van der Waals surface area contributed by atoms with Crippen LogP contribution in [0, 0.1) is 0 Å². The monoisotopic (exact) mass is 360 g/mol. The number of fused-ring (bicyclic) bond motifs is 1. The molecule has 2 aromatic carbocycles. The number of phenolic OH excluding ortho intramolecular Hbond substituents is 4. The Balaban J connectivity index is 2.29. The van der Waals surface area contributed by atoms with E-state index in [4.69, 9.17) is 14.3 Å². The van der Waals surface area contributed by atoms with Gasteiger partial charge in [0.15, 0.2) is 17.3 Å². The van der Waals surface area contributed by atoms with E-state index in [1.165, 1.54) is 18.2 Å². The fourth-order valence-corrected chi connectivity index (χ4v) is 2.49. The van der Waals surface area contributed by atoms with Crippen molar-refractivity contribution >= 4 is 11.0 Å². The lowest BCUT2D eigenvalue weighted by Gasteiger charge is -2.12. The molecule has 0 fully saturated rings. The molecule has 1 heterocycles. The highest BCUT2D eigenvalue weighted by Crippen LogP contribution is 2.38. The minimum atomic E-state index is -0.677. The van der Waals surface area contributed by atoms with Gasteiger partial charge < -0.3 is 34.7 Å². The van der Waals surface area contributed by atoms with Gasteiger partial charge in [-0.2, -0.15) is 0 Å². The molecule has 0 aliphatic carbocycles. The molecule has 0 saturated heterocycles. The van der Waals surface area contributed by atoms with Gasteiger partial charge in [0.05, 0.1) is 6.61 Å². The number of rotatable bonds is 5. The molecule has 0 spiro atoms. The Hall–Kier alpha value is -3.39. The number of aliphatic hydroxyl groups is 1. The summed E-state index contributed by atoms with van der Waals surface area (Å²) in [6, 6.07) is 5.97. The van der Waals surface area contributed by atoms with Gasteiger partial charge in [-0.3, -0.25) is 4.79 Å². The first-order valence-electron chi connectivity index (χ1n) is 7.71. The van der Waals surface area contributed by atoms with Crippen molar-refractivity contribution in [1.82, 2.24) is 0 Å². The Morgan fingerprint density at radius 2 is 1.73 bits per heavy atom. The van der Waals surface area contributed by atoms with E-state index < -0.39 is 16.9 Å². The fourth-order valence-electron chi connectivity index (χ4n) is 2.49. The molecule has 0 atom stereocenters. The largest absolute Gasteiger partial charge is 0.508 e. The zero-order valence-electron chi connectivity index (χ0n) is 13.5. The maximum atomic E-state index is 12.8. The lowest BCUT2D eigenvalue weighted by Crippen LogP contribution is -2.12. The molecule has 0 amide bonds. The van der Waals surface area contributed by atoms with Crippen LogP contribution in [0.5, 0.6) is 28.7 Å². The summed E-state index contributed by atoms with van der Waals surface area (Å²) < 4.78 is 11.1. The Bertz CT molecular complexity index is 1020. The molecule has 3 aromatic rings. The van der Waals surface area contributed by atoms with E-state index >= 15 is 0 Å². The highest BCUT2D eigenvalue weighted by molar-refractivity contribution is 5.88. The molecule has 26 heavy (non-hydrogen) atoms. The van der Waals surface area contributed by atoms with E-state index in [-0.39, 0.29) is 59.2 Å². The van der Waals surface area contributed by atoms with Crippen LogP contribution in [0.4, 0.5) is 0 Å². The Morgan fingerprint density at radius 3 is 2.42 bits per heavy atom. The molecule has 0 bridgehead atoms. The van der Waals surface area contributed by atoms with E-state index in [1.54, 1.807) is 0 Å². The lowest BCUT2D eigenvalue weighted by molar-refractivity contribution is 0.231. The molecule has 8 heteroatoms. The number of benzene rings is 2. The standard InChI is InChI=1S/C18H16O8/c19-4-1-5-25-18-16(24)15-13(23)7-10(20)8-14(15)26-17(18)9-2-3-11(21)12(22)6-9/h2-3,6-8,19-23H,1,4-5H2. The summed E-state index contributed by atoms with van der Waals surface area (Å²) in [5.41, 5.74) is -0.519. The first-order chi connectivity index (χ1) is 12.4. The molecule has 3 rings (SSSR count). The highest BCUT2D eigenvalue weighted by Gasteiger charge is 2.21. The molecule has 0 saturated carbocycles. The minimum absolute atomic E-state index is 0.0165. The number of hydrogen-bond acceptors (Lipinski definition) is 8. The maximum absolute atomic E-state index is 12.8. The minimum Gasteiger partial charge on any atom is -0.508 e. The highest BCUT2D eigenvalue weighted by atomic mass is 16.5. The van der Waals surface area contributed by atoms with Crippen LogP contribution in [-0.4, -0.2) is 38.7 Å². The van der Waals surface area contributed by atoms with Crippen LogP contribution >= 0.6 is 0 Å². The molecule has 1 aromatic heterocycles. The van der Waals surface area contributed by atoms with E-state index in [0.717, 1.165) is 12.1 Å². The molecule has 0 aliphatic rings. The van der Waals surface area contributed by atoms with Gasteiger partial charge in [0.25, 0.3) is 0 Å². The second-order valence-electron chi connectivity index (χ2n) is 5.56. The average Bonchev–Trinajstić information content (AvgIpc) is 2.58. The predicted molar refractivity (Wildman–Crippen MR) is 91.8 cm³/mol. The molecule has 0 radical (unpaired) electrons. The van der Waals surface area contributed by atoms with Crippen LogP contribution in [0.15, 0.2) is 39.5 Å². The molecule has 8 nitrogen and oxygen atoms in total. The summed E-state index contributed by atoms with van der Waals surface area (Å²) >= 11 is 0. The van der Waals surface area contributed by atoms with Crippen molar-refractivity contribution < 1.29 is 34.7 Å². The number of aromatic hydroxyl groups is 4. The maximum Gasteiger partial charge on any atom is 0.239 e. The van der Waals surface area contributed by atoms with Crippen molar-refractivity contribution in [2.75, 3.05) is 13.2 Å². The number of hydrogen-bond donors (Lipinski definition) is 5. The summed E-state index contributed by atoms with van der Waals surface area (Å²) in [6.07, 6.45) is 0.263. The molecular weight excluding hydrogens is 344 g/mol. The van der Waals surface area contributed by atoms with Gasteiger partial charge in [0.2, 0.25) is 11.2 Å². The van der Waals surface area contributed by atoms with Gasteiger partial charge in [0.1, 0.15) is 22.5 Å². The number of aliphatic hydroxyl groups excluding tert-OH is 1. The Morgan fingerprint density at radius 1 is 0.962 bits per heavy atom. The van der Waals surface area contributed by atoms with Crippen molar-refractivity contribution in [3.8, 4) is 40.1 Å². The lowest BCUT2D eigenvalue weighted by atomic mass is 10.1. The zero-order chi connectivity index (χ0) is 18.8. The van der Waals surface area contributed by atoms with Gasteiger partial charge in [-0.15, -0.1) is 0 Å². The third-order valence-electron chi connectivity index (χ3n) is 3.70. The van der Waals surface area contributed by atoms with Crippen LogP contribution in [0.25, 0.3) is 22.3 Å². The van der Waals surface area contributed by atoms with Crippen molar-refractivity contribution in [3.05, 3.63) is 40.6 Å². The molecule has 0 unspecified atom stereocenters. The molecule has 136 valence electrons. The summed E-state index contributed by atoms with van der Waals surface area (Å²) in [5.74, 6) is -1.83. The smallest absolute Gasteiger partial charge is 0.239 e. The van der Waals surface area contributed by atoms with Gasteiger partial charge in [-0.1, -0.05) is 0 Å². The number of phenols is 4. The van der Waals surface area contributed by atoms with Crippen molar-refractivity contribution in [3.63, 3.8) is 0 Å². The van der Waals surface area contributed by atoms with Crippen LogP contribution in [0.3, 0.4) is 0 Å². The van der Waals surface area contributed by atoms with E-state index in [1.807, 2.05) is 0 Å². The van der Waals surface area contributed by atoms with Gasteiger partial charge in [0, 0.05) is 30.7 Å². The van der Waals surface area contributed by atoms with Crippen molar-refractivity contribution in [1.29, 1.82) is 0 Å². The molecular formula is C18H16O8. The van der Waals surface area contributed by atoms with Gasteiger partial charge in [-0.05, 0) is 18.2 Å². The normalized spacial score (nSPS) is 11.0. The summed E-state index contributed by atoms with van der Waals surface area (Å²) in [5, 5.41) is 47.5. The van der Waals surface area contributed by atoms with Crippen LogP contribution < -0.4 is 10.2 Å². The SMILES string of the molecule is O=c1c(OCCCO)c(-c2ccc(O)c(O)c2)oc2cc(O)cc(O)c12. The van der Waals surface area contributed by atoms with Crippen molar-refractivity contribution in [2.24, 2.45) is 0 Å². The topological polar surface area (TPSA) is 141 Å². The van der Waals surface area contributed by atoms with Gasteiger partial charge in [-0.25, -0.2) is 0 Å². The Kier molecular flexibility index (Phi) is 4.59. The quantitative estimate of drug-likeness (QED) is 0.344. The first-order valence-corrected chi connectivity index (χ1v) is 7.71.